The molecular formula is C16H26F2IN3O2S. The maximum absolute atomic E-state index is 13.6. The lowest BCUT2D eigenvalue weighted by molar-refractivity contribution is 0.571. The number of hydrogen-bond donors (Lipinski definition) is 2. The van der Waals surface area contributed by atoms with Crippen molar-refractivity contribution in [3.05, 3.63) is 35.4 Å². The molecule has 1 rings (SSSR count). The topological polar surface area (TPSA) is 70.6 Å². The summed E-state index contributed by atoms with van der Waals surface area (Å²) in [6.07, 6.45) is 2.02. The fourth-order valence-electron chi connectivity index (χ4n) is 2.03. The molecule has 0 saturated carbocycles. The molecule has 0 amide bonds. The van der Waals surface area contributed by atoms with Gasteiger partial charge < -0.3 is 10.6 Å². The minimum absolute atomic E-state index is 0. The Kier molecular flexibility index (Phi) is 11.2. The quantitative estimate of drug-likeness (QED) is 0.335. The van der Waals surface area contributed by atoms with Crippen molar-refractivity contribution in [1.29, 1.82) is 0 Å². The van der Waals surface area contributed by atoms with Gasteiger partial charge in [-0.25, -0.2) is 17.2 Å². The molecule has 2 N–H and O–H groups in total. The van der Waals surface area contributed by atoms with Crippen molar-refractivity contribution in [3.63, 3.8) is 0 Å². The first kappa shape index (κ1) is 24.0. The summed E-state index contributed by atoms with van der Waals surface area (Å²) < 4.78 is 48.8. The Morgan fingerprint density at radius 3 is 2.56 bits per heavy atom. The first-order valence-electron chi connectivity index (χ1n) is 7.87. The zero-order chi connectivity index (χ0) is 18.2. The third-order valence-corrected chi connectivity index (χ3v) is 4.29. The van der Waals surface area contributed by atoms with Crippen molar-refractivity contribution in [3.8, 4) is 0 Å². The maximum Gasteiger partial charge on any atom is 0.191 e. The number of benzene rings is 1. The molecule has 0 aliphatic heterocycles. The average Bonchev–Trinajstić information content (AvgIpc) is 2.47. The predicted molar refractivity (Wildman–Crippen MR) is 108 cm³/mol. The Hall–Kier alpha value is -0.970. The summed E-state index contributed by atoms with van der Waals surface area (Å²) in [5.74, 6) is -0.540. The fourth-order valence-corrected chi connectivity index (χ4v) is 2.81. The van der Waals surface area contributed by atoms with E-state index in [0.29, 0.717) is 37.5 Å². The third kappa shape index (κ3) is 10.6. The third-order valence-electron chi connectivity index (χ3n) is 3.32. The number of hydrogen-bond acceptors (Lipinski definition) is 3. The van der Waals surface area contributed by atoms with E-state index in [1.807, 2.05) is 13.8 Å². The summed E-state index contributed by atoms with van der Waals surface area (Å²) >= 11 is 0. The molecule has 144 valence electrons. The van der Waals surface area contributed by atoms with Crippen LogP contribution in [0.1, 0.15) is 25.8 Å². The summed E-state index contributed by atoms with van der Waals surface area (Å²) in [6, 6.07) is 3.42. The molecule has 9 heteroatoms. The van der Waals surface area contributed by atoms with E-state index >= 15 is 0 Å². The summed E-state index contributed by atoms with van der Waals surface area (Å²) in [5.41, 5.74) is 0.404. The Bertz CT molecular complexity index is 669. The second-order valence-corrected chi connectivity index (χ2v) is 7.97. The zero-order valence-electron chi connectivity index (χ0n) is 14.7. The molecule has 0 saturated heterocycles. The highest BCUT2D eigenvalue weighted by Crippen LogP contribution is 2.10. The Balaban J connectivity index is 0.00000576. The van der Waals surface area contributed by atoms with Crippen molar-refractivity contribution in [1.82, 2.24) is 10.6 Å². The van der Waals surface area contributed by atoms with Gasteiger partial charge in [-0.3, -0.25) is 4.99 Å². The lowest BCUT2D eigenvalue weighted by atomic mass is 10.1. The van der Waals surface area contributed by atoms with Crippen LogP contribution in [0.25, 0.3) is 0 Å². The van der Waals surface area contributed by atoms with Crippen LogP contribution in [-0.4, -0.2) is 45.5 Å². The minimum atomic E-state index is -3.00. The fraction of sp³-hybridized carbons (Fsp3) is 0.562. The second-order valence-electron chi connectivity index (χ2n) is 5.71. The summed E-state index contributed by atoms with van der Waals surface area (Å²) in [5, 5.41) is 6.18. The van der Waals surface area contributed by atoms with Crippen molar-refractivity contribution in [2.24, 2.45) is 4.99 Å². The predicted octanol–water partition coefficient (Wildman–Crippen LogP) is 2.50. The summed E-state index contributed by atoms with van der Waals surface area (Å²) in [4.78, 5) is 4.34. The number of sulfone groups is 1. The van der Waals surface area contributed by atoms with Gasteiger partial charge in [0.05, 0.1) is 5.75 Å². The number of nitrogens with zero attached hydrogens (tertiary/aromatic N) is 1. The van der Waals surface area contributed by atoms with Crippen LogP contribution in [0.2, 0.25) is 0 Å². The molecule has 0 aliphatic carbocycles. The molecule has 0 radical (unpaired) electrons. The number of halogens is 3. The van der Waals surface area contributed by atoms with E-state index in [-0.39, 0.29) is 35.8 Å². The highest BCUT2D eigenvalue weighted by atomic mass is 127. The van der Waals surface area contributed by atoms with Gasteiger partial charge in [0.25, 0.3) is 0 Å². The van der Waals surface area contributed by atoms with Crippen LogP contribution < -0.4 is 10.6 Å². The smallest absolute Gasteiger partial charge is 0.191 e. The molecule has 0 bridgehead atoms. The van der Waals surface area contributed by atoms with Gasteiger partial charge in [-0.2, -0.15) is 0 Å². The van der Waals surface area contributed by atoms with Crippen LogP contribution in [0.15, 0.2) is 23.2 Å². The van der Waals surface area contributed by atoms with Crippen LogP contribution in [-0.2, 0) is 16.3 Å². The van der Waals surface area contributed by atoms with E-state index < -0.39 is 21.5 Å². The lowest BCUT2D eigenvalue weighted by Crippen LogP contribution is -2.43. The maximum atomic E-state index is 13.6. The SMILES string of the molecule is CCNC(=NCCc1ccc(F)cc1F)NC(C)CCS(C)(=O)=O.I. The highest BCUT2D eigenvalue weighted by molar-refractivity contribution is 14.0. The van der Waals surface area contributed by atoms with E-state index in [1.165, 1.54) is 18.4 Å². The van der Waals surface area contributed by atoms with Gasteiger partial charge in [0, 0.05) is 31.5 Å². The van der Waals surface area contributed by atoms with Crippen molar-refractivity contribution in [2.45, 2.75) is 32.7 Å². The number of rotatable bonds is 8. The summed E-state index contributed by atoms with van der Waals surface area (Å²) in [6.45, 7) is 4.77. The van der Waals surface area contributed by atoms with Crippen LogP contribution >= 0.6 is 24.0 Å². The van der Waals surface area contributed by atoms with Crippen molar-refractivity contribution in [2.75, 3.05) is 25.1 Å². The van der Waals surface area contributed by atoms with Gasteiger partial charge in [-0.15, -0.1) is 24.0 Å². The summed E-state index contributed by atoms with van der Waals surface area (Å²) in [7, 11) is -3.00. The van der Waals surface area contributed by atoms with Crippen LogP contribution in [0.5, 0.6) is 0 Å². The lowest BCUT2D eigenvalue weighted by Gasteiger charge is -2.17. The monoisotopic (exact) mass is 489 g/mol. The van der Waals surface area contributed by atoms with Crippen LogP contribution in [0.4, 0.5) is 8.78 Å². The molecule has 1 unspecified atom stereocenters. The van der Waals surface area contributed by atoms with Gasteiger partial charge in [-0.05, 0) is 38.3 Å². The molecule has 0 spiro atoms. The number of guanidine groups is 1. The van der Waals surface area contributed by atoms with E-state index in [9.17, 15) is 17.2 Å². The van der Waals surface area contributed by atoms with Gasteiger partial charge in [0.2, 0.25) is 0 Å². The molecular weight excluding hydrogens is 463 g/mol. The van der Waals surface area contributed by atoms with Gasteiger partial charge >= 0.3 is 0 Å². The number of nitrogens with one attached hydrogen (secondary N) is 2. The van der Waals surface area contributed by atoms with E-state index in [2.05, 4.69) is 15.6 Å². The molecule has 1 aromatic rings. The molecule has 0 fully saturated rings. The van der Waals surface area contributed by atoms with E-state index in [0.717, 1.165) is 6.07 Å². The Morgan fingerprint density at radius 2 is 2.00 bits per heavy atom. The van der Waals surface area contributed by atoms with Gasteiger partial charge in [-0.1, -0.05) is 6.07 Å². The molecule has 0 aromatic heterocycles. The van der Waals surface area contributed by atoms with Crippen LogP contribution in [0.3, 0.4) is 0 Å². The highest BCUT2D eigenvalue weighted by Gasteiger charge is 2.09. The molecule has 25 heavy (non-hydrogen) atoms. The second kappa shape index (κ2) is 11.6. The zero-order valence-corrected chi connectivity index (χ0v) is 17.8. The van der Waals surface area contributed by atoms with Crippen LogP contribution in [0, 0.1) is 11.6 Å². The van der Waals surface area contributed by atoms with Crippen molar-refractivity contribution >= 4 is 39.8 Å². The van der Waals surface area contributed by atoms with Crippen molar-refractivity contribution < 1.29 is 17.2 Å². The molecule has 5 nitrogen and oxygen atoms in total. The molecule has 1 aromatic carbocycles. The van der Waals surface area contributed by atoms with Gasteiger partial charge in [0.15, 0.2) is 5.96 Å². The van der Waals surface area contributed by atoms with E-state index in [4.69, 9.17) is 0 Å². The molecule has 0 aliphatic rings. The van der Waals surface area contributed by atoms with E-state index in [1.54, 1.807) is 0 Å². The first-order chi connectivity index (χ1) is 11.2. The van der Waals surface area contributed by atoms with Gasteiger partial charge in [0.1, 0.15) is 21.5 Å². The molecule has 1 atom stereocenters. The normalized spacial score (nSPS) is 13.1. The largest absolute Gasteiger partial charge is 0.357 e. The number of aliphatic imine (C=N–C) groups is 1. The standard InChI is InChI=1S/C16H25F2N3O2S.HI/c1-4-19-16(21-12(2)8-10-24(3,22)23)20-9-7-13-5-6-14(17)11-15(13)18;/h5-6,11-12H,4,7-10H2,1-3H3,(H2,19,20,21);1H. The first-order valence-corrected chi connectivity index (χ1v) is 9.94. The Morgan fingerprint density at radius 1 is 1.32 bits per heavy atom. The minimum Gasteiger partial charge on any atom is -0.357 e. The average molecular weight is 489 g/mol. The molecule has 0 heterocycles. The Labute approximate surface area is 165 Å².